The lowest BCUT2D eigenvalue weighted by Gasteiger charge is -2.48. The number of nitrogens with zero attached hydrogens (tertiary/aromatic N) is 2. The molecule has 2 amide bonds. The Morgan fingerprint density at radius 1 is 1.17 bits per heavy atom. The first-order chi connectivity index (χ1) is 17.0. The number of piperidine rings is 1. The first kappa shape index (κ1) is 23.7. The lowest BCUT2D eigenvalue weighted by atomic mass is 9.66. The van der Waals surface area contributed by atoms with Gasteiger partial charge in [0.15, 0.2) is 11.5 Å². The van der Waals surface area contributed by atoms with E-state index in [1.165, 1.54) is 0 Å². The third kappa shape index (κ3) is 4.49. The molecule has 5 rings (SSSR count). The van der Waals surface area contributed by atoms with E-state index in [2.05, 4.69) is 0 Å². The molecule has 2 fully saturated rings. The number of ether oxygens (including phenoxy) is 4. The van der Waals surface area contributed by atoms with Crippen molar-refractivity contribution >= 4 is 17.8 Å². The van der Waals surface area contributed by atoms with Gasteiger partial charge in [0.1, 0.15) is 5.41 Å². The molecule has 9 heteroatoms. The predicted molar refractivity (Wildman–Crippen MR) is 124 cm³/mol. The fourth-order valence-corrected chi connectivity index (χ4v) is 5.64. The Bertz CT molecular complexity index is 1030. The second-order valence-corrected chi connectivity index (χ2v) is 9.49. The van der Waals surface area contributed by atoms with Crippen molar-refractivity contribution in [2.24, 2.45) is 11.3 Å². The van der Waals surface area contributed by atoms with Crippen molar-refractivity contribution in [1.29, 1.82) is 0 Å². The number of carbonyl (C=O) groups excluding carboxylic acids is 3. The molecule has 3 aliphatic heterocycles. The summed E-state index contributed by atoms with van der Waals surface area (Å²) in [6.07, 6.45) is 4.60. The maximum absolute atomic E-state index is 13.8. The van der Waals surface area contributed by atoms with Crippen LogP contribution in [0.15, 0.2) is 30.0 Å². The van der Waals surface area contributed by atoms with Crippen LogP contribution in [0.1, 0.15) is 44.6 Å². The summed E-state index contributed by atoms with van der Waals surface area (Å²) >= 11 is 0. The zero-order valence-corrected chi connectivity index (χ0v) is 20.1. The maximum Gasteiger partial charge on any atom is 0.318 e. The molecule has 0 N–H and O–H groups in total. The lowest BCUT2D eigenvalue weighted by Crippen LogP contribution is -2.54. The summed E-state index contributed by atoms with van der Waals surface area (Å²) in [5.41, 5.74) is 0.654. The number of likely N-dealkylation sites (tertiary alicyclic amines) is 1. The van der Waals surface area contributed by atoms with Crippen LogP contribution in [-0.4, -0.2) is 67.3 Å². The van der Waals surface area contributed by atoms with Crippen molar-refractivity contribution in [2.45, 2.75) is 45.6 Å². The number of esters is 1. The number of allylic oxidation sites excluding steroid dienone is 1. The Morgan fingerprint density at radius 3 is 2.77 bits per heavy atom. The van der Waals surface area contributed by atoms with Crippen LogP contribution in [0.4, 0.5) is 0 Å². The molecule has 0 spiro atoms. The van der Waals surface area contributed by atoms with Gasteiger partial charge in [-0.3, -0.25) is 14.4 Å². The largest absolute Gasteiger partial charge is 0.465 e. The summed E-state index contributed by atoms with van der Waals surface area (Å²) in [5, 5.41) is 0. The van der Waals surface area contributed by atoms with Crippen molar-refractivity contribution < 1.29 is 33.3 Å². The molecule has 35 heavy (non-hydrogen) atoms. The summed E-state index contributed by atoms with van der Waals surface area (Å²) in [5.74, 6) is 0.206. The molecule has 9 nitrogen and oxygen atoms in total. The topological polar surface area (TPSA) is 94.6 Å². The number of fused-ring (bicyclic) bond motifs is 2. The molecule has 2 saturated heterocycles. The van der Waals surface area contributed by atoms with Gasteiger partial charge in [-0.2, -0.15) is 0 Å². The Kier molecular flexibility index (Phi) is 6.69. The molecule has 0 bridgehead atoms. The Hall–Kier alpha value is -3.07. The first-order valence-corrected chi connectivity index (χ1v) is 12.4. The third-order valence-electron chi connectivity index (χ3n) is 7.37. The van der Waals surface area contributed by atoms with Crippen molar-refractivity contribution in [3.63, 3.8) is 0 Å². The van der Waals surface area contributed by atoms with Crippen LogP contribution < -0.4 is 9.47 Å². The van der Waals surface area contributed by atoms with Gasteiger partial charge < -0.3 is 28.7 Å². The summed E-state index contributed by atoms with van der Waals surface area (Å²) in [7, 11) is 0. The summed E-state index contributed by atoms with van der Waals surface area (Å²) in [4.78, 5) is 43.8. The molecule has 4 aliphatic rings. The minimum Gasteiger partial charge on any atom is -0.465 e. The highest BCUT2D eigenvalue weighted by molar-refractivity contribution is 5.92. The molecule has 1 aromatic rings. The second-order valence-electron chi connectivity index (χ2n) is 9.49. The van der Waals surface area contributed by atoms with Gasteiger partial charge in [-0.05, 0) is 50.3 Å². The molecule has 0 unspecified atom stereocenters. The van der Waals surface area contributed by atoms with E-state index in [0.717, 1.165) is 18.4 Å². The summed E-state index contributed by atoms with van der Waals surface area (Å²) in [6, 6.07) is 5.60. The smallest absolute Gasteiger partial charge is 0.318 e. The molecule has 0 aromatic heterocycles. The molecular formula is C26H32N2O7. The van der Waals surface area contributed by atoms with E-state index in [0.29, 0.717) is 56.3 Å². The second kappa shape index (κ2) is 9.89. The number of carbonyl (C=O) groups is 3. The monoisotopic (exact) mass is 484 g/mol. The molecule has 188 valence electrons. The van der Waals surface area contributed by atoms with Crippen molar-refractivity contribution in [2.75, 3.05) is 39.7 Å². The normalized spacial score (nSPS) is 25.7. The number of morpholine rings is 1. The SMILES string of the molecule is CCOC(=O)[C@]12CCCC=C1N(Cc1ccc3c(c1)OCO3)C(=O)[C@H](CC(=O)N1CCOCC1)C2. The average molecular weight is 485 g/mol. The molecule has 1 aliphatic carbocycles. The molecular weight excluding hydrogens is 452 g/mol. The highest BCUT2D eigenvalue weighted by Gasteiger charge is 2.54. The van der Waals surface area contributed by atoms with E-state index in [-0.39, 0.29) is 44.1 Å². The van der Waals surface area contributed by atoms with Crippen molar-refractivity contribution in [3.8, 4) is 11.5 Å². The van der Waals surface area contributed by atoms with Crippen molar-refractivity contribution in [3.05, 3.63) is 35.5 Å². The van der Waals surface area contributed by atoms with Gasteiger partial charge in [-0.15, -0.1) is 0 Å². The van der Waals surface area contributed by atoms with Crippen LogP contribution in [0.25, 0.3) is 0 Å². The summed E-state index contributed by atoms with van der Waals surface area (Å²) < 4.78 is 21.8. The number of rotatable bonds is 6. The fraction of sp³-hybridized carbons (Fsp3) is 0.577. The lowest BCUT2D eigenvalue weighted by molar-refractivity contribution is -0.163. The Labute approximate surface area is 204 Å². The van der Waals surface area contributed by atoms with E-state index in [1.807, 2.05) is 24.3 Å². The van der Waals surface area contributed by atoms with Gasteiger partial charge in [0.25, 0.3) is 0 Å². The number of benzene rings is 1. The van der Waals surface area contributed by atoms with Gasteiger partial charge in [-0.25, -0.2) is 0 Å². The number of hydrogen-bond acceptors (Lipinski definition) is 7. The quantitative estimate of drug-likeness (QED) is 0.573. The van der Waals surface area contributed by atoms with E-state index < -0.39 is 11.3 Å². The predicted octanol–water partition coefficient (Wildman–Crippen LogP) is 2.63. The zero-order chi connectivity index (χ0) is 24.4. The standard InChI is InChI=1S/C26H32N2O7/c1-2-33-25(31)26-8-4-3-5-22(26)28(16-18-6-7-20-21(13-18)35-17-34-20)24(30)19(15-26)14-23(29)27-9-11-32-12-10-27/h5-7,13,19H,2-4,8-12,14-17H2,1H3/t19-,26+/m1/s1. The zero-order valence-electron chi connectivity index (χ0n) is 20.1. The molecule has 0 radical (unpaired) electrons. The van der Waals surface area contributed by atoms with Gasteiger partial charge in [-0.1, -0.05) is 12.1 Å². The van der Waals surface area contributed by atoms with Crippen LogP contribution in [0.3, 0.4) is 0 Å². The van der Waals surface area contributed by atoms with Crippen LogP contribution in [0.5, 0.6) is 11.5 Å². The van der Waals surface area contributed by atoms with Crippen molar-refractivity contribution in [1.82, 2.24) is 9.80 Å². The fourth-order valence-electron chi connectivity index (χ4n) is 5.64. The third-order valence-corrected chi connectivity index (χ3v) is 7.37. The highest BCUT2D eigenvalue weighted by Crippen LogP contribution is 2.50. The Balaban J connectivity index is 1.46. The highest BCUT2D eigenvalue weighted by atomic mass is 16.7. The van der Waals surface area contributed by atoms with Crippen LogP contribution >= 0.6 is 0 Å². The van der Waals surface area contributed by atoms with E-state index in [1.54, 1.807) is 16.7 Å². The maximum atomic E-state index is 13.8. The average Bonchev–Trinajstić information content (AvgIpc) is 3.35. The number of hydrogen-bond donors (Lipinski definition) is 0. The summed E-state index contributed by atoms with van der Waals surface area (Å²) in [6.45, 7) is 4.55. The molecule has 0 saturated carbocycles. The molecule has 3 heterocycles. The van der Waals surface area contributed by atoms with Gasteiger partial charge in [0.2, 0.25) is 18.6 Å². The van der Waals surface area contributed by atoms with Gasteiger partial charge >= 0.3 is 5.97 Å². The van der Waals surface area contributed by atoms with Gasteiger partial charge in [0.05, 0.1) is 26.4 Å². The van der Waals surface area contributed by atoms with E-state index in [9.17, 15) is 14.4 Å². The molecule has 2 atom stereocenters. The Morgan fingerprint density at radius 2 is 1.97 bits per heavy atom. The first-order valence-electron chi connectivity index (χ1n) is 12.4. The van der Waals surface area contributed by atoms with Crippen LogP contribution in [-0.2, 0) is 30.4 Å². The van der Waals surface area contributed by atoms with E-state index in [4.69, 9.17) is 18.9 Å². The van der Waals surface area contributed by atoms with Crippen LogP contribution in [0, 0.1) is 11.3 Å². The minimum absolute atomic E-state index is 0.0723. The number of amides is 2. The van der Waals surface area contributed by atoms with Crippen LogP contribution in [0.2, 0.25) is 0 Å². The van der Waals surface area contributed by atoms with E-state index >= 15 is 0 Å². The van der Waals surface area contributed by atoms with Gasteiger partial charge in [0, 0.05) is 31.1 Å². The molecule has 1 aromatic carbocycles. The minimum atomic E-state index is -0.922.